The van der Waals surface area contributed by atoms with E-state index in [0.29, 0.717) is 5.33 Å². The molecule has 20 heavy (non-hydrogen) atoms. The van der Waals surface area contributed by atoms with Crippen LogP contribution in [0.2, 0.25) is 0 Å². The third-order valence-electron chi connectivity index (χ3n) is 3.19. The summed E-state index contributed by atoms with van der Waals surface area (Å²) in [7, 11) is 0. The molecule has 0 aliphatic heterocycles. The molecule has 0 aliphatic carbocycles. The van der Waals surface area contributed by atoms with Crippen molar-refractivity contribution in [3.63, 3.8) is 0 Å². The number of amides is 1. The number of nitrogens with one attached hydrogen (secondary N) is 1. The molecule has 0 bridgehead atoms. The van der Waals surface area contributed by atoms with E-state index in [1.165, 1.54) is 12.1 Å². The van der Waals surface area contributed by atoms with Gasteiger partial charge in [-0.05, 0) is 24.6 Å². The van der Waals surface area contributed by atoms with Gasteiger partial charge in [0.2, 0.25) is 0 Å². The summed E-state index contributed by atoms with van der Waals surface area (Å²) in [4.78, 5) is 12.2. The maximum Gasteiger partial charge on any atom is 0.254 e. The van der Waals surface area contributed by atoms with Crippen LogP contribution in [0.15, 0.2) is 54.6 Å². The van der Waals surface area contributed by atoms with E-state index in [-0.39, 0.29) is 5.56 Å². The van der Waals surface area contributed by atoms with Gasteiger partial charge in [-0.25, -0.2) is 4.39 Å². The predicted octanol–water partition coefficient (Wildman–Crippen LogP) is 3.87. The van der Waals surface area contributed by atoms with Crippen molar-refractivity contribution in [2.24, 2.45) is 0 Å². The van der Waals surface area contributed by atoms with Gasteiger partial charge in [-0.1, -0.05) is 58.4 Å². The Morgan fingerprint density at radius 2 is 1.75 bits per heavy atom. The third kappa shape index (κ3) is 3.07. The molecule has 2 aromatic rings. The molecule has 4 heteroatoms. The number of hydrogen-bond donors (Lipinski definition) is 1. The fourth-order valence-electron chi connectivity index (χ4n) is 1.95. The molecule has 0 heterocycles. The minimum atomic E-state index is -0.597. The number of rotatable bonds is 4. The molecular weight excluding hydrogens is 321 g/mol. The van der Waals surface area contributed by atoms with Gasteiger partial charge < -0.3 is 5.32 Å². The number of halogens is 2. The summed E-state index contributed by atoms with van der Waals surface area (Å²) >= 11 is 3.42. The van der Waals surface area contributed by atoms with Gasteiger partial charge in [0.25, 0.3) is 5.91 Å². The number of carbonyl (C=O) groups excluding carboxylic acids is 1. The summed E-state index contributed by atoms with van der Waals surface area (Å²) in [5, 5.41) is 3.42. The van der Waals surface area contributed by atoms with Crippen LogP contribution in [0.1, 0.15) is 22.8 Å². The molecule has 1 amide bonds. The fraction of sp³-hybridized carbons (Fsp3) is 0.188. The highest BCUT2D eigenvalue weighted by Gasteiger charge is 2.28. The van der Waals surface area contributed by atoms with E-state index < -0.39 is 17.3 Å². The van der Waals surface area contributed by atoms with Gasteiger partial charge in [0, 0.05) is 5.33 Å². The lowest BCUT2D eigenvalue weighted by molar-refractivity contribution is 0.0910. The van der Waals surface area contributed by atoms with E-state index in [1.807, 2.05) is 37.3 Å². The first-order chi connectivity index (χ1) is 9.57. The molecule has 0 saturated heterocycles. The first-order valence-electron chi connectivity index (χ1n) is 6.25. The van der Waals surface area contributed by atoms with Crippen molar-refractivity contribution in [2.45, 2.75) is 12.5 Å². The van der Waals surface area contributed by atoms with Crippen LogP contribution in [0.25, 0.3) is 0 Å². The first kappa shape index (κ1) is 14.7. The molecule has 0 radical (unpaired) electrons. The summed E-state index contributed by atoms with van der Waals surface area (Å²) in [5.41, 5.74) is 0.415. The maximum atomic E-state index is 13.6. The van der Waals surface area contributed by atoms with Crippen LogP contribution in [0.5, 0.6) is 0 Å². The lowest BCUT2D eigenvalue weighted by Crippen LogP contribution is -2.45. The maximum absolute atomic E-state index is 13.6. The van der Waals surface area contributed by atoms with Gasteiger partial charge in [-0.2, -0.15) is 0 Å². The Morgan fingerprint density at radius 3 is 2.35 bits per heavy atom. The summed E-state index contributed by atoms with van der Waals surface area (Å²) in [6.07, 6.45) is 0. The van der Waals surface area contributed by atoms with Gasteiger partial charge in [-0.15, -0.1) is 0 Å². The number of benzene rings is 2. The van der Waals surface area contributed by atoms with Crippen molar-refractivity contribution in [3.05, 3.63) is 71.5 Å². The minimum Gasteiger partial charge on any atom is -0.342 e. The van der Waals surface area contributed by atoms with E-state index in [0.717, 1.165) is 5.56 Å². The molecule has 0 aliphatic rings. The van der Waals surface area contributed by atoms with Crippen LogP contribution >= 0.6 is 15.9 Å². The SMILES string of the molecule is CC(CBr)(NC(=O)c1ccccc1F)c1ccccc1. The van der Waals surface area contributed by atoms with Gasteiger partial charge >= 0.3 is 0 Å². The first-order valence-corrected chi connectivity index (χ1v) is 7.37. The van der Waals surface area contributed by atoms with E-state index in [4.69, 9.17) is 0 Å². The smallest absolute Gasteiger partial charge is 0.254 e. The van der Waals surface area contributed by atoms with Crippen molar-refractivity contribution < 1.29 is 9.18 Å². The van der Waals surface area contributed by atoms with Crippen LogP contribution in [0.3, 0.4) is 0 Å². The van der Waals surface area contributed by atoms with Crippen molar-refractivity contribution in [2.75, 3.05) is 5.33 Å². The monoisotopic (exact) mass is 335 g/mol. The lowest BCUT2D eigenvalue weighted by atomic mass is 9.94. The van der Waals surface area contributed by atoms with E-state index in [9.17, 15) is 9.18 Å². The van der Waals surface area contributed by atoms with Gasteiger partial charge in [0.15, 0.2) is 0 Å². The molecule has 1 N–H and O–H groups in total. The molecule has 0 fully saturated rings. The number of alkyl halides is 1. The van der Waals surface area contributed by atoms with E-state index in [2.05, 4.69) is 21.2 Å². The highest BCUT2D eigenvalue weighted by atomic mass is 79.9. The number of hydrogen-bond acceptors (Lipinski definition) is 1. The molecule has 2 nitrogen and oxygen atoms in total. The largest absolute Gasteiger partial charge is 0.342 e. The highest BCUT2D eigenvalue weighted by Crippen LogP contribution is 2.23. The van der Waals surface area contributed by atoms with E-state index >= 15 is 0 Å². The zero-order valence-corrected chi connectivity index (χ0v) is 12.7. The molecule has 0 spiro atoms. The molecule has 1 atom stereocenters. The Labute approximate surface area is 126 Å². The average Bonchev–Trinajstić information content (AvgIpc) is 2.48. The Balaban J connectivity index is 2.27. The minimum absolute atomic E-state index is 0.0515. The number of carbonyl (C=O) groups is 1. The van der Waals surface area contributed by atoms with Crippen molar-refractivity contribution in [3.8, 4) is 0 Å². The fourth-order valence-corrected chi connectivity index (χ4v) is 2.42. The zero-order chi connectivity index (χ0) is 14.6. The van der Waals surface area contributed by atoms with Crippen molar-refractivity contribution >= 4 is 21.8 Å². The predicted molar refractivity (Wildman–Crippen MR) is 81.5 cm³/mol. The summed E-state index contributed by atoms with van der Waals surface area (Å²) in [6, 6.07) is 15.6. The Bertz CT molecular complexity index is 602. The van der Waals surface area contributed by atoms with Crippen LogP contribution in [0, 0.1) is 5.82 Å². The molecule has 0 aromatic heterocycles. The molecule has 0 saturated carbocycles. The topological polar surface area (TPSA) is 29.1 Å². The van der Waals surface area contributed by atoms with Crippen molar-refractivity contribution in [1.29, 1.82) is 0 Å². The standard InChI is InChI=1S/C16H15BrFNO/c1-16(11-17,12-7-3-2-4-8-12)19-15(20)13-9-5-6-10-14(13)18/h2-10H,11H2,1H3,(H,19,20). The second kappa shape index (κ2) is 6.18. The second-order valence-corrected chi connectivity index (χ2v) is 5.33. The average molecular weight is 336 g/mol. The van der Waals surface area contributed by atoms with Crippen LogP contribution in [0.4, 0.5) is 4.39 Å². The van der Waals surface area contributed by atoms with Gasteiger partial charge in [0.05, 0.1) is 11.1 Å². The second-order valence-electron chi connectivity index (χ2n) is 4.77. The molecular formula is C16H15BrFNO. The Morgan fingerprint density at radius 1 is 1.15 bits per heavy atom. The Kier molecular flexibility index (Phi) is 4.55. The molecule has 1 unspecified atom stereocenters. The Hall–Kier alpha value is -1.68. The zero-order valence-electron chi connectivity index (χ0n) is 11.1. The summed E-state index contributed by atoms with van der Waals surface area (Å²) < 4.78 is 13.6. The quantitative estimate of drug-likeness (QED) is 0.844. The van der Waals surface area contributed by atoms with Crippen molar-refractivity contribution in [1.82, 2.24) is 5.32 Å². The van der Waals surface area contributed by atoms with Crippen LogP contribution in [-0.2, 0) is 5.54 Å². The van der Waals surface area contributed by atoms with Gasteiger partial charge in [0.1, 0.15) is 5.82 Å². The third-order valence-corrected chi connectivity index (χ3v) is 4.31. The summed E-state index contributed by atoms with van der Waals surface area (Å²) in [6.45, 7) is 1.90. The highest BCUT2D eigenvalue weighted by molar-refractivity contribution is 9.09. The molecule has 104 valence electrons. The summed E-state index contributed by atoms with van der Waals surface area (Å²) in [5.74, 6) is -0.941. The molecule has 2 rings (SSSR count). The van der Waals surface area contributed by atoms with Gasteiger partial charge in [-0.3, -0.25) is 4.79 Å². The normalized spacial score (nSPS) is 13.6. The lowest BCUT2D eigenvalue weighted by Gasteiger charge is -2.29. The van der Waals surface area contributed by atoms with Crippen LogP contribution in [-0.4, -0.2) is 11.2 Å². The van der Waals surface area contributed by atoms with Crippen LogP contribution < -0.4 is 5.32 Å². The van der Waals surface area contributed by atoms with E-state index in [1.54, 1.807) is 12.1 Å². The molecule has 2 aromatic carbocycles.